The fraction of sp³-hybridized carbons (Fsp3) is 0.478. The van der Waals surface area contributed by atoms with Crippen LogP contribution in [0.25, 0.3) is 0 Å². The van der Waals surface area contributed by atoms with Crippen molar-refractivity contribution in [2.75, 3.05) is 25.6 Å². The minimum absolute atomic E-state index is 0.252. The molecule has 4 nitrogen and oxygen atoms in total. The van der Waals surface area contributed by atoms with Crippen molar-refractivity contribution in [1.82, 2.24) is 0 Å². The Labute approximate surface area is 198 Å². The third-order valence-electron chi connectivity index (χ3n) is 5.53. The van der Waals surface area contributed by atoms with Gasteiger partial charge in [0.05, 0.1) is 0 Å². The topological polar surface area (TPSA) is 13.0 Å². The van der Waals surface area contributed by atoms with Gasteiger partial charge in [0, 0.05) is 0 Å². The molecule has 29 heavy (non-hydrogen) atoms. The second-order valence-electron chi connectivity index (χ2n) is 9.44. The summed E-state index contributed by atoms with van der Waals surface area (Å²) in [6.07, 6.45) is 0. The van der Waals surface area contributed by atoms with Crippen LogP contribution in [0.15, 0.2) is 48.5 Å². The summed E-state index contributed by atoms with van der Waals surface area (Å²) in [4.78, 5) is 0. The van der Waals surface area contributed by atoms with Crippen molar-refractivity contribution in [2.24, 2.45) is 5.41 Å². The summed E-state index contributed by atoms with van der Waals surface area (Å²) in [6.45, 7) is 16.6. The first-order valence-electron chi connectivity index (χ1n) is 10.6. The normalized spacial score (nSPS) is 16.3. The summed E-state index contributed by atoms with van der Waals surface area (Å²) in [5.41, 5.74) is 6.10. The van der Waals surface area contributed by atoms with Gasteiger partial charge in [-0.15, -0.1) is 0 Å². The molecule has 2 heterocycles. The molecular formula is C23H32N4Sn2. The standard InChI is InChI=1S/C23H32N4.2Sn/c1-17(2)26-21-13-9-7-11-19(21)24-15-23(5,6)16-25-20-12-8-10-14-22(20)27-18(3)4;;/h7-14,17-18H,15-16H2,1-6H3;;/q-4;2*+2. The van der Waals surface area contributed by atoms with E-state index in [2.05, 4.69) is 103 Å². The van der Waals surface area contributed by atoms with Crippen LogP contribution in [0.4, 0.5) is 22.7 Å². The van der Waals surface area contributed by atoms with E-state index in [1.54, 1.807) is 0 Å². The van der Waals surface area contributed by atoms with E-state index in [4.69, 9.17) is 0 Å². The van der Waals surface area contributed by atoms with Crippen molar-refractivity contribution in [2.45, 2.75) is 53.6 Å². The SMILES string of the molecule is CC(C)[N]1[Sn][N](CC(C)(C)C[N]2[Sn][N](C(C)C)c3ccccc32)c2ccccc21. The number of nitrogens with zero attached hydrogens (tertiary/aromatic N) is 4. The molecule has 0 aliphatic carbocycles. The van der Waals surface area contributed by atoms with Crippen LogP contribution in [0.1, 0.15) is 41.5 Å². The van der Waals surface area contributed by atoms with Gasteiger partial charge in [0.15, 0.2) is 0 Å². The molecule has 4 radical (unpaired) electrons. The average Bonchev–Trinajstić information content (AvgIpc) is 3.21. The van der Waals surface area contributed by atoms with Crippen LogP contribution in [0.2, 0.25) is 0 Å². The third kappa shape index (κ3) is 4.34. The van der Waals surface area contributed by atoms with Gasteiger partial charge >= 0.3 is 199 Å². The molecule has 0 saturated heterocycles. The van der Waals surface area contributed by atoms with Crippen molar-refractivity contribution < 1.29 is 0 Å². The molecule has 0 N–H and O–H groups in total. The molecule has 2 aromatic carbocycles. The first kappa shape index (κ1) is 21.5. The minimum atomic E-state index is -0.800. The fourth-order valence-corrected chi connectivity index (χ4v) is 13.2. The zero-order valence-electron chi connectivity index (χ0n) is 18.5. The molecular weight excluding hydrogens is 570 g/mol. The Morgan fingerprint density at radius 3 is 1.34 bits per heavy atom. The van der Waals surface area contributed by atoms with E-state index in [0.29, 0.717) is 12.1 Å². The predicted octanol–water partition coefficient (Wildman–Crippen LogP) is 4.55. The van der Waals surface area contributed by atoms with Crippen LogP contribution in [-0.2, 0) is 0 Å². The van der Waals surface area contributed by atoms with Gasteiger partial charge in [0.1, 0.15) is 0 Å². The number of hydrogen-bond acceptors (Lipinski definition) is 4. The number of para-hydroxylation sites is 4. The van der Waals surface area contributed by atoms with Crippen LogP contribution in [0.5, 0.6) is 0 Å². The Kier molecular flexibility index (Phi) is 6.22. The molecule has 0 saturated carbocycles. The van der Waals surface area contributed by atoms with Gasteiger partial charge in [-0.05, 0) is 0 Å². The van der Waals surface area contributed by atoms with Crippen LogP contribution in [-0.4, -0.2) is 68.6 Å². The van der Waals surface area contributed by atoms with Gasteiger partial charge in [-0.3, -0.25) is 0 Å². The molecule has 0 bridgehead atoms. The van der Waals surface area contributed by atoms with Gasteiger partial charge in [-0.2, -0.15) is 0 Å². The second kappa shape index (κ2) is 8.40. The molecule has 0 aromatic heterocycles. The van der Waals surface area contributed by atoms with Crippen molar-refractivity contribution >= 4 is 66.1 Å². The molecule has 2 aliphatic heterocycles. The van der Waals surface area contributed by atoms with E-state index in [0.717, 1.165) is 13.1 Å². The molecule has 2 aromatic rings. The zero-order valence-corrected chi connectivity index (χ0v) is 24.2. The second-order valence-corrected chi connectivity index (χ2v) is 16.4. The zero-order chi connectivity index (χ0) is 20.8. The summed E-state index contributed by atoms with van der Waals surface area (Å²) in [5.74, 6) is 0. The third-order valence-corrected chi connectivity index (χ3v) is 14.7. The Bertz CT molecular complexity index is 798. The van der Waals surface area contributed by atoms with Gasteiger partial charge in [-0.1, -0.05) is 0 Å². The van der Waals surface area contributed by atoms with Crippen LogP contribution in [0.3, 0.4) is 0 Å². The van der Waals surface area contributed by atoms with Gasteiger partial charge in [0.25, 0.3) is 0 Å². The summed E-state index contributed by atoms with van der Waals surface area (Å²) >= 11 is -1.60. The van der Waals surface area contributed by atoms with E-state index >= 15 is 0 Å². The maximum absolute atomic E-state index is 2.76. The van der Waals surface area contributed by atoms with Crippen molar-refractivity contribution in [3.63, 3.8) is 0 Å². The van der Waals surface area contributed by atoms with Gasteiger partial charge < -0.3 is 0 Å². The predicted molar refractivity (Wildman–Crippen MR) is 128 cm³/mol. The monoisotopic (exact) mass is 604 g/mol. The van der Waals surface area contributed by atoms with Gasteiger partial charge in [0.2, 0.25) is 0 Å². The molecule has 0 atom stereocenters. The summed E-state index contributed by atoms with van der Waals surface area (Å²) in [5, 5.41) is 0. The summed E-state index contributed by atoms with van der Waals surface area (Å²) in [7, 11) is 0. The molecule has 0 unspecified atom stereocenters. The van der Waals surface area contributed by atoms with E-state index in [9.17, 15) is 0 Å². The van der Waals surface area contributed by atoms with E-state index in [1.165, 1.54) is 22.7 Å². The first-order chi connectivity index (χ1) is 13.8. The van der Waals surface area contributed by atoms with Crippen molar-refractivity contribution in [3.05, 3.63) is 48.5 Å². The van der Waals surface area contributed by atoms with E-state index < -0.39 is 43.4 Å². The van der Waals surface area contributed by atoms with Crippen LogP contribution < -0.4 is 12.5 Å². The Balaban J connectivity index is 1.52. The molecule has 0 fully saturated rings. The molecule has 0 spiro atoms. The first-order valence-corrected chi connectivity index (χ1v) is 15.7. The molecule has 2 aliphatic rings. The molecule has 6 heteroatoms. The Morgan fingerprint density at radius 2 is 1.00 bits per heavy atom. The molecule has 4 rings (SSSR count). The number of benzene rings is 2. The number of hydrogen-bond donors (Lipinski definition) is 0. The summed E-state index contributed by atoms with van der Waals surface area (Å²) < 4.78 is 10.9. The quantitative estimate of drug-likeness (QED) is 0.451. The Morgan fingerprint density at radius 1 is 0.655 bits per heavy atom. The maximum atomic E-state index is 2.76. The summed E-state index contributed by atoms with van der Waals surface area (Å²) in [6, 6.07) is 19.3. The van der Waals surface area contributed by atoms with Crippen LogP contribution >= 0.6 is 0 Å². The number of rotatable bonds is 6. The Hall–Kier alpha value is -0.763. The molecule has 152 valence electrons. The fourth-order valence-electron chi connectivity index (χ4n) is 4.20. The van der Waals surface area contributed by atoms with Crippen molar-refractivity contribution in [1.29, 1.82) is 0 Å². The van der Waals surface area contributed by atoms with Crippen LogP contribution in [0, 0.1) is 5.41 Å². The van der Waals surface area contributed by atoms with E-state index in [1.807, 2.05) is 0 Å². The number of anilines is 4. The number of fused-ring (bicyclic) bond motifs is 2. The average molecular weight is 602 g/mol. The van der Waals surface area contributed by atoms with E-state index in [-0.39, 0.29) is 5.41 Å². The molecule has 0 amide bonds. The van der Waals surface area contributed by atoms with Crippen molar-refractivity contribution in [3.8, 4) is 0 Å². The van der Waals surface area contributed by atoms with Gasteiger partial charge in [-0.25, -0.2) is 0 Å².